The molecule has 3 aromatic rings. The molecule has 0 spiro atoms. The second kappa shape index (κ2) is 10.7. The minimum Gasteiger partial charge on any atom is -0.475 e. The van der Waals surface area contributed by atoms with Gasteiger partial charge in [0, 0.05) is 26.8 Å². The third-order valence-corrected chi connectivity index (χ3v) is 6.05. The number of carboxylic acid groups (broad SMARTS) is 1. The highest BCUT2D eigenvalue weighted by molar-refractivity contribution is 6.76. The smallest absolute Gasteiger partial charge is 0.475 e. The Morgan fingerprint density at radius 1 is 1.19 bits per heavy atom. The molecule has 0 saturated carbocycles. The van der Waals surface area contributed by atoms with Crippen LogP contribution in [0.15, 0.2) is 36.8 Å². The van der Waals surface area contributed by atoms with Gasteiger partial charge >= 0.3 is 12.1 Å². The molecule has 0 bridgehead atoms. The molecular formula is C20H26F3N5O3Si. The standard InChI is InChI=1S/C18H25N5OSi.C2HF3O2/c1-25(2,3)9-8-24-13-23-18-16(11-22-23)17(20-12-21-18)15-6-4-14(10-19)5-7-15;3-2(4,5)1(6)7/h4-7,11-12H,8-10,13,19H2,1-3H3;(H,6,7). The largest absolute Gasteiger partial charge is 0.490 e. The van der Waals surface area contributed by atoms with Crippen LogP contribution in [0.5, 0.6) is 0 Å². The number of halogens is 3. The summed E-state index contributed by atoms with van der Waals surface area (Å²) in [6.45, 7) is 8.73. The lowest BCUT2D eigenvalue weighted by Crippen LogP contribution is -2.22. The zero-order valence-electron chi connectivity index (χ0n) is 18.1. The van der Waals surface area contributed by atoms with Crippen molar-refractivity contribution in [1.29, 1.82) is 0 Å². The van der Waals surface area contributed by atoms with Gasteiger partial charge in [0.05, 0.1) is 17.3 Å². The summed E-state index contributed by atoms with van der Waals surface area (Å²) >= 11 is 0. The zero-order valence-corrected chi connectivity index (χ0v) is 19.1. The molecule has 0 saturated heterocycles. The topological polar surface area (TPSA) is 116 Å². The van der Waals surface area contributed by atoms with E-state index >= 15 is 0 Å². The number of carbonyl (C=O) groups is 1. The van der Waals surface area contributed by atoms with E-state index in [0.717, 1.165) is 40.5 Å². The van der Waals surface area contributed by atoms with Gasteiger partial charge in [0.2, 0.25) is 0 Å². The van der Waals surface area contributed by atoms with E-state index in [1.165, 1.54) is 0 Å². The lowest BCUT2D eigenvalue weighted by atomic mass is 10.1. The van der Waals surface area contributed by atoms with Gasteiger partial charge in [0.25, 0.3) is 0 Å². The van der Waals surface area contributed by atoms with E-state index in [1.54, 1.807) is 11.0 Å². The second-order valence-electron chi connectivity index (χ2n) is 8.16. The minimum absolute atomic E-state index is 0.413. The Labute approximate surface area is 184 Å². The van der Waals surface area contributed by atoms with Crippen LogP contribution in [0.1, 0.15) is 5.56 Å². The Morgan fingerprint density at radius 3 is 2.34 bits per heavy atom. The van der Waals surface area contributed by atoms with Gasteiger partial charge in [-0.2, -0.15) is 18.3 Å². The van der Waals surface area contributed by atoms with Crippen LogP contribution in [0.3, 0.4) is 0 Å². The first-order chi connectivity index (χ1) is 14.9. The maximum Gasteiger partial charge on any atom is 0.490 e. The van der Waals surface area contributed by atoms with Crippen molar-refractivity contribution >= 4 is 25.1 Å². The SMILES string of the molecule is C[Si](C)(C)CCOCn1ncc2c(-c3ccc(CN)cc3)ncnc21.O=C(O)C(F)(F)F. The molecule has 0 radical (unpaired) electrons. The molecule has 8 nitrogen and oxygen atoms in total. The zero-order chi connectivity index (χ0) is 23.9. The summed E-state index contributed by atoms with van der Waals surface area (Å²) in [5, 5.41) is 12.5. The van der Waals surface area contributed by atoms with Gasteiger partial charge in [-0.15, -0.1) is 0 Å². The molecular weight excluding hydrogens is 443 g/mol. The lowest BCUT2D eigenvalue weighted by Gasteiger charge is -2.15. The van der Waals surface area contributed by atoms with Gasteiger partial charge < -0.3 is 15.6 Å². The number of rotatable bonds is 7. The molecule has 0 amide bonds. The third-order valence-electron chi connectivity index (χ3n) is 4.35. The first-order valence-electron chi connectivity index (χ1n) is 9.76. The maximum atomic E-state index is 10.6. The molecule has 32 heavy (non-hydrogen) atoms. The fourth-order valence-corrected chi connectivity index (χ4v) is 3.30. The number of aliphatic carboxylic acids is 1. The Hall–Kier alpha value is -2.83. The van der Waals surface area contributed by atoms with Gasteiger partial charge in [-0.1, -0.05) is 43.9 Å². The number of nitrogens with zero attached hydrogens (tertiary/aromatic N) is 4. The van der Waals surface area contributed by atoms with Crippen LogP contribution >= 0.6 is 0 Å². The van der Waals surface area contributed by atoms with Crippen LogP contribution < -0.4 is 5.73 Å². The van der Waals surface area contributed by atoms with Gasteiger partial charge in [-0.05, 0) is 11.6 Å². The molecule has 174 valence electrons. The number of nitrogens with two attached hydrogens (primary N) is 1. The Balaban J connectivity index is 0.000000451. The number of fused-ring (bicyclic) bond motifs is 1. The summed E-state index contributed by atoms with van der Waals surface area (Å²) in [5.41, 5.74) is 9.47. The van der Waals surface area contributed by atoms with E-state index < -0.39 is 20.2 Å². The van der Waals surface area contributed by atoms with Crippen LogP contribution in [-0.4, -0.2) is 51.7 Å². The summed E-state index contributed by atoms with van der Waals surface area (Å²) in [5.74, 6) is -2.76. The summed E-state index contributed by atoms with van der Waals surface area (Å²) in [6, 6.07) is 9.25. The van der Waals surface area contributed by atoms with Crippen molar-refractivity contribution in [3.05, 3.63) is 42.4 Å². The molecule has 3 rings (SSSR count). The summed E-state index contributed by atoms with van der Waals surface area (Å²) in [4.78, 5) is 17.7. The maximum absolute atomic E-state index is 10.6. The predicted molar refractivity (Wildman–Crippen MR) is 116 cm³/mol. The minimum atomic E-state index is -5.08. The van der Waals surface area contributed by atoms with Gasteiger partial charge in [0.1, 0.15) is 13.1 Å². The van der Waals surface area contributed by atoms with E-state index in [1.807, 2.05) is 30.5 Å². The molecule has 2 aromatic heterocycles. The van der Waals surface area contributed by atoms with Crippen molar-refractivity contribution in [1.82, 2.24) is 19.7 Å². The fraction of sp³-hybridized carbons (Fsp3) is 0.400. The molecule has 12 heteroatoms. The first-order valence-corrected chi connectivity index (χ1v) is 13.5. The highest BCUT2D eigenvalue weighted by atomic mass is 28.3. The number of benzene rings is 1. The van der Waals surface area contributed by atoms with Crippen LogP contribution in [0.25, 0.3) is 22.3 Å². The highest BCUT2D eigenvalue weighted by Crippen LogP contribution is 2.25. The Morgan fingerprint density at radius 2 is 1.81 bits per heavy atom. The van der Waals surface area contributed by atoms with Gasteiger partial charge in [0.15, 0.2) is 5.65 Å². The molecule has 0 fully saturated rings. The number of aromatic nitrogens is 4. The van der Waals surface area contributed by atoms with Crippen molar-refractivity contribution in [3.8, 4) is 11.3 Å². The van der Waals surface area contributed by atoms with Crippen molar-refractivity contribution in [3.63, 3.8) is 0 Å². The average Bonchev–Trinajstić information content (AvgIpc) is 3.13. The Bertz CT molecular complexity index is 1030. The summed E-state index contributed by atoms with van der Waals surface area (Å²) in [6.07, 6.45) is -1.70. The van der Waals surface area contributed by atoms with Crippen molar-refractivity contribution in [2.24, 2.45) is 5.73 Å². The Kier molecular flexibility index (Phi) is 8.47. The molecule has 0 aliphatic heterocycles. The van der Waals surface area contributed by atoms with E-state index in [0.29, 0.717) is 13.3 Å². The number of hydrogen-bond acceptors (Lipinski definition) is 6. The van der Waals surface area contributed by atoms with Crippen LogP contribution in [0.2, 0.25) is 25.7 Å². The second-order valence-corrected chi connectivity index (χ2v) is 13.8. The molecule has 1 aromatic carbocycles. The quantitative estimate of drug-likeness (QED) is 0.398. The summed E-state index contributed by atoms with van der Waals surface area (Å²) in [7, 11) is -1.08. The first kappa shape index (κ1) is 25.4. The summed E-state index contributed by atoms with van der Waals surface area (Å²) < 4.78 is 39.3. The lowest BCUT2D eigenvalue weighted by molar-refractivity contribution is -0.192. The monoisotopic (exact) mass is 469 g/mol. The van der Waals surface area contributed by atoms with Crippen molar-refractivity contribution in [2.75, 3.05) is 6.61 Å². The predicted octanol–water partition coefficient (Wildman–Crippen LogP) is 3.90. The average molecular weight is 470 g/mol. The van der Waals surface area contributed by atoms with Gasteiger partial charge in [-0.3, -0.25) is 0 Å². The van der Waals surface area contributed by atoms with E-state index in [-0.39, 0.29) is 0 Å². The van der Waals surface area contributed by atoms with Crippen molar-refractivity contribution in [2.45, 2.75) is 45.1 Å². The fourth-order valence-electron chi connectivity index (χ4n) is 2.55. The molecule has 3 N–H and O–H groups in total. The van der Waals surface area contributed by atoms with Crippen molar-refractivity contribution < 1.29 is 27.8 Å². The molecule has 0 aliphatic rings. The van der Waals surface area contributed by atoms with E-state index in [2.05, 4.69) is 34.7 Å². The number of ether oxygens (including phenoxy) is 1. The molecule has 2 heterocycles. The number of hydrogen-bond donors (Lipinski definition) is 2. The van der Waals surface area contributed by atoms with Crippen LogP contribution in [0.4, 0.5) is 13.2 Å². The molecule has 0 unspecified atom stereocenters. The van der Waals surface area contributed by atoms with E-state index in [9.17, 15) is 13.2 Å². The molecule has 0 aliphatic carbocycles. The van der Waals surface area contributed by atoms with Crippen LogP contribution in [-0.2, 0) is 22.8 Å². The van der Waals surface area contributed by atoms with Gasteiger partial charge in [-0.25, -0.2) is 19.4 Å². The number of alkyl halides is 3. The van der Waals surface area contributed by atoms with E-state index in [4.69, 9.17) is 20.4 Å². The third kappa shape index (κ3) is 7.39. The normalized spacial score (nSPS) is 11.8. The van der Waals surface area contributed by atoms with Crippen LogP contribution in [0, 0.1) is 0 Å². The molecule has 0 atom stereocenters. The highest BCUT2D eigenvalue weighted by Gasteiger charge is 2.38. The number of carboxylic acids is 1.